The number of amides is 1. The van der Waals surface area contributed by atoms with Gasteiger partial charge in [-0.3, -0.25) is 14.5 Å². The van der Waals surface area contributed by atoms with Crippen molar-refractivity contribution in [2.75, 3.05) is 13.1 Å². The van der Waals surface area contributed by atoms with E-state index in [9.17, 15) is 13.2 Å². The second-order valence-electron chi connectivity index (χ2n) is 6.49. The first kappa shape index (κ1) is 20.7. The van der Waals surface area contributed by atoms with Crippen LogP contribution in [0.1, 0.15) is 38.2 Å². The zero-order chi connectivity index (χ0) is 17.9. The van der Waals surface area contributed by atoms with E-state index in [0.717, 1.165) is 19.4 Å². The van der Waals surface area contributed by atoms with Crippen LogP contribution in [0.4, 0.5) is 0 Å². The van der Waals surface area contributed by atoms with Gasteiger partial charge in [-0.05, 0) is 44.9 Å². The Morgan fingerprint density at radius 1 is 1.35 bits per heavy atom. The number of rotatable bonds is 5. The maximum atomic E-state index is 12.1. The number of nitrogens with zero attached hydrogens (tertiary/aromatic N) is 1. The molecule has 1 aromatic carbocycles. The van der Waals surface area contributed by atoms with Crippen molar-refractivity contribution in [2.24, 2.45) is 4.99 Å². The van der Waals surface area contributed by atoms with Gasteiger partial charge in [0.1, 0.15) is 5.84 Å². The lowest BCUT2D eigenvalue weighted by molar-refractivity contribution is -0.122. The molecule has 2 aliphatic heterocycles. The van der Waals surface area contributed by atoms with Crippen LogP contribution >= 0.6 is 12.4 Å². The van der Waals surface area contributed by atoms with Gasteiger partial charge in [-0.1, -0.05) is 12.1 Å². The standard InChI is InChI=1S/C17H24N4O3S.ClH/c1-12-14(7-4-10-18-12)20-16(22)9-5-11-19-17-13-6-2-3-8-15(13)25(23,24)21-17;/h2-3,6,8,12,14,18H,4-5,7,9-11H2,1H3,(H,19,21)(H,20,22);1H. The van der Waals surface area contributed by atoms with Crippen LogP contribution in [-0.4, -0.2) is 45.3 Å². The Bertz CT molecular complexity index is 782. The molecule has 7 nitrogen and oxygen atoms in total. The highest BCUT2D eigenvalue weighted by atomic mass is 35.5. The molecule has 3 rings (SSSR count). The molecule has 1 fully saturated rings. The zero-order valence-electron chi connectivity index (χ0n) is 14.7. The molecular weight excluding hydrogens is 376 g/mol. The summed E-state index contributed by atoms with van der Waals surface area (Å²) in [5, 5.41) is 6.42. The van der Waals surface area contributed by atoms with Gasteiger partial charge in [0.25, 0.3) is 10.0 Å². The Morgan fingerprint density at radius 3 is 2.88 bits per heavy atom. The number of piperidine rings is 1. The fourth-order valence-corrected chi connectivity index (χ4v) is 4.45. The van der Waals surface area contributed by atoms with Crippen molar-refractivity contribution in [3.63, 3.8) is 0 Å². The number of fused-ring (bicyclic) bond motifs is 1. The minimum absolute atomic E-state index is 0. The third kappa shape index (κ3) is 4.75. The lowest BCUT2D eigenvalue weighted by Gasteiger charge is -2.30. The van der Waals surface area contributed by atoms with E-state index in [1.165, 1.54) is 0 Å². The van der Waals surface area contributed by atoms with Crippen molar-refractivity contribution in [1.29, 1.82) is 0 Å². The van der Waals surface area contributed by atoms with Crippen LogP contribution < -0.4 is 15.4 Å². The van der Waals surface area contributed by atoms with Crippen molar-refractivity contribution in [3.05, 3.63) is 29.8 Å². The minimum atomic E-state index is -3.50. The van der Waals surface area contributed by atoms with Gasteiger partial charge in [0, 0.05) is 30.6 Å². The van der Waals surface area contributed by atoms with Gasteiger partial charge < -0.3 is 10.6 Å². The van der Waals surface area contributed by atoms with Crippen molar-refractivity contribution in [1.82, 2.24) is 15.4 Å². The maximum absolute atomic E-state index is 12.1. The molecule has 0 saturated carbocycles. The molecule has 0 radical (unpaired) electrons. The molecule has 0 bridgehead atoms. The van der Waals surface area contributed by atoms with Gasteiger partial charge in [-0.15, -0.1) is 12.4 Å². The predicted molar refractivity (Wildman–Crippen MR) is 103 cm³/mol. The van der Waals surface area contributed by atoms with Crippen LogP contribution in [-0.2, 0) is 14.8 Å². The van der Waals surface area contributed by atoms with Gasteiger partial charge in [0.05, 0.1) is 4.90 Å². The number of nitrogens with one attached hydrogen (secondary N) is 3. The molecule has 2 unspecified atom stereocenters. The summed E-state index contributed by atoms with van der Waals surface area (Å²) in [7, 11) is -3.50. The van der Waals surface area contributed by atoms with Gasteiger partial charge in [-0.2, -0.15) is 0 Å². The third-order valence-electron chi connectivity index (χ3n) is 4.60. The normalized spacial score (nSPS) is 25.0. The highest BCUT2D eigenvalue weighted by Crippen LogP contribution is 2.22. The Kier molecular flexibility index (Phi) is 7.02. The lowest BCUT2D eigenvalue weighted by Crippen LogP contribution is -2.51. The van der Waals surface area contributed by atoms with Gasteiger partial charge in [-0.25, -0.2) is 8.42 Å². The van der Waals surface area contributed by atoms with Crippen LogP contribution in [0.2, 0.25) is 0 Å². The fourth-order valence-electron chi connectivity index (χ4n) is 3.20. The molecule has 26 heavy (non-hydrogen) atoms. The van der Waals surface area contributed by atoms with E-state index in [-0.39, 0.29) is 29.3 Å². The summed E-state index contributed by atoms with van der Waals surface area (Å²) in [6, 6.07) is 7.24. The van der Waals surface area contributed by atoms with Crippen molar-refractivity contribution in [3.8, 4) is 0 Å². The molecule has 0 aliphatic carbocycles. The number of hydrogen-bond acceptors (Lipinski definition) is 5. The quantitative estimate of drug-likeness (QED) is 0.646. The largest absolute Gasteiger partial charge is 0.352 e. The molecule has 2 aliphatic rings. The lowest BCUT2D eigenvalue weighted by atomic mass is 10.00. The topological polar surface area (TPSA) is 99.7 Å². The van der Waals surface area contributed by atoms with Crippen LogP contribution in [0.5, 0.6) is 0 Å². The Morgan fingerprint density at radius 2 is 2.12 bits per heavy atom. The molecule has 144 valence electrons. The third-order valence-corrected chi connectivity index (χ3v) is 6.00. The molecule has 1 aromatic rings. The van der Waals surface area contributed by atoms with E-state index in [0.29, 0.717) is 36.8 Å². The summed E-state index contributed by atoms with van der Waals surface area (Å²) in [5.74, 6) is 0.384. The molecule has 2 heterocycles. The van der Waals surface area contributed by atoms with Gasteiger partial charge in [0.15, 0.2) is 0 Å². The molecule has 1 amide bonds. The monoisotopic (exact) mass is 400 g/mol. The number of aliphatic imine (C=N–C) groups is 1. The molecule has 0 aromatic heterocycles. The average Bonchev–Trinajstić information content (AvgIpc) is 2.85. The van der Waals surface area contributed by atoms with E-state index in [2.05, 4.69) is 27.3 Å². The molecule has 9 heteroatoms. The second kappa shape index (κ2) is 8.83. The number of benzene rings is 1. The van der Waals surface area contributed by atoms with Crippen LogP contribution in [0.15, 0.2) is 34.2 Å². The number of amidine groups is 1. The Labute approximate surface area is 160 Å². The zero-order valence-corrected chi connectivity index (χ0v) is 16.3. The van der Waals surface area contributed by atoms with Gasteiger partial charge in [0.2, 0.25) is 5.91 Å². The van der Waals surface area contributed by atoms with Gasteiger partial charge >= 0.3 is 0 Å². The first-order valence-electron chi connectivity index (χ1n) is 8.67. The molecular formula is C17H25ClN4O3S. The van der Waals surface area contributed by atoms with Crippen LogP contribution in [0, 0.1) is 0 Å². The van der Waals surface area contributed by atoms with E-state index in [1.54, 1.807) is 24.3 Å². The summed E-state index contributed by atoms with van der Waals surface area (Å²) in [6.45, 7) is 3.49. The SMILES string of the molecule is CC1NCCCC1NC(=O)CCCN=C1NS(=O)(=O)c2ccccc21.Cl. The summed E-state index contributed by atoms with van der Waals surface area (Å²) in [4.78, 5) is 16.6. The molecule has 2 atom stereocenters. The van der Waals surface area contributed by atoms with E-state index >= 15 is 0 Å². The Balaban J connectivity index is 0.00000243. The van der Waals surface area contributed by atoms with E-state index in [4.69, 9.17) is 0 Å². The average molecular weight is 401 g/mol. The molecule has 0 spiro atoms. The van der Waals surface area contributed by atoms with Crippen LogP contribution in [0.25, 0.3) is 0 Å². The highest BCUT2D eigenvalue weighted by Gasteiger charge is 2.29. The first-order valence-corrected chi connectivity index (χ1v) is 10.1. The minimum Gasteiger partial charge on any atom is -0.352 e. The van der Waals surface area contributed by atoms with Crippen molar-refractivity contribution in [2.45, 2.75) is 49.6 Å². The summed E-state index contributed by atoms with van der Waals surface area (Å²) in [6.07, 6.45) is 3.03. The number of carbonyl (C=O) groups is 1. The summed E-state index contributed by atoms with van der Waals surface area (Å²) in [5.41, 5.74) is 0.592. The van der Waals surface area contributed by atoms with Crippen molar-refractivity contribution >= 4 is 34.2 Å². The summed E-state index contributed by atoms with van der Waals surface area (Å²) < 4.78 is 26.5. The van der Waals surface area contributed by atoms with Crippen LogP contribution in [0.3, 0.4) is 0 Å². The Hall–Kier alpha value is -1.64. The number of sulfonamides is 1. The first-order chi connectivity index (χ1) is 12.0. The molecule has 1 saturated heterocycles. The molecule has 3 N–H and O–H groups in total. The summed E-state index contributed by atoms with van der Waals surface area (Å²) >= 11 is 0. The predicted octanol–water partition coefficient (Wildman–Crippen LogP) is 1.18. The second-order valence-corrected chi connectivity index (χ2v) is 8.15. The number of carbonyl (C=O) groups excluding carboxylic acids is 1. The smallest absolute Gasteiger partial charge is 0.263 e. The number of hydrogen-bond donors (Lipinski definition) is 3. The fraction of sp³-hybridized carbons (Fsp3) is 0.529. The maximum Gasteiger partial charge on any atom is 0.263 e. The van der Waals surface area contributed by atoms with E-state index < -0.39 is 10.0 Å². The van der Waals surface area contributed by atoms with E-state index in [1.807, 2.05) is 0 Å². The van der Waals surface area contributed by atoms with Crippen molar-refractivity contribution < 1.29 is 13.2 Å². The highest BCUT2D eigenvalue weighted by molar-refractivity contribution is 7.90. The number of halogens is 1.